The van der Waals surface area contributed by atoms with Crippen molar-refractivity contribution in [2.75, 3.05) is 17.2 Å². The summed E-state index contributed by atoms with van der Waals surface area (Å²) in [5.41, 5.74) is 8.26. The summed E-state index contributed by atoms with van der Waals surface area (Å²) in [5.74, 6) is 0.844. The molecular weight excluding hydrogens is 278 g/mol. The number of sulfone groups is 1. The lowest BCUT2D eigenvalue weighted by Crippen LogP contribution is -2.14. The Morgan fingerprint density at radius 2 is 2.20 bits per heavy atom. The van der Waals surface area contributed by atoms with Gasteiger partial charge in [0, 0.05) is 11.3 Å². The van der Waals surface area contributed by atoms with Crippen molar-refractivity contribution in [3.05, 3.63) is 23.8 Å². The van der Waals surface area contributed by atoms with Crippen molar-refractivity contribution < 1.29 is 8.42 Å². The molecule has 1 atom stereocenters. The topological polar surface area (TPSA) is 104 Å². The van der Waals surface area contributed by atoms with Gasteiger partial charge >= 0.3 is 0 Å². The van der Waals surface area contributed by atoms with E-state index in [1.165, 1.54) is 0 Å². The van der Waals surface area contributed by atoms with Crippen molar-refractivity contribution in [1.82, 2.24) is 20.2 Å². The molecular formula is C12H15N5O2S. The molecule has 7 nitrogen and oxygen atoms in total. The molecule has 0 saturated carbocycles. The zero-order valence-corrected chi connectivity index (χ0v) is 11.8. The first-order valence-corrected chi connectivity index (χ1v) is 8.13. The second-order valence-electron chi connectivity index (χ2n) is 5.08. The minimum Gasteiger partial charge on any atom is -0.399 e. The fraction of sp³-hybridized carbons (Fsp3) is 0.417. The Morgan fingerprint density at radius 1 is 1.40 bits per heavy atom. The van der Waals surface area contributed by atoms with Gasteiger partial charge in [0.2, 0.25) is 0 Å². The second-order valence-corrected chi connectivity index (χ2v) is 7.31. The molecule has 1 aliphatic rings. The molecule has 2 N–H and O–H groups in total. The number of tetrazole rings is 1. The van der Waals surface area contributed by atoms with Gasteiger partial charge in [-0.05, 0) is 41.5 Å². The lowest BCUT2D eigenvalue weighted by atomic mass is 10.1. The first-order chi connectivity index (χ1) is 9.46. The lowest BCUT2D eigenvalue weighted by Gasteiger charge is -2.12. The van der Waals surface area contributed by atoms with Crippen molar-refractivity contribution >= 4 is 15.5 Å². The van der Waals surface area contributed by atoms with E-state index in [2.05, 4.69) is 15.5 Å². The van der Waals surface area contributed by atoms with Crippen LogP contribution in [0.5, 0.6) is 0 Å². The Balaban J connectivity index is 2.05. The Kier molecular flexibility index (Phi) is 2.97. The molecule has 1 aliphatic heterocycles. The summed E-state index contributed by atoms with van der Waals surface area (Å²) in [7, 11) is -2.98. The lowest BCUT2D eigenvalue weighted by molar-refractivity contribution is 0.489. The van der Waals surface area contributed by atoms with Gasteiger partial charge in [-0.15, -0.1) is 5.10 Å². The summed E-state index contributed by atoms with van der Waals surface area (Å²) < 4.78 is 24.8. The molecule has 0 aliphatic carbocycles. The number of aryl methyl sites for hydroxylation is 1. The van der Waals surface area contributed by atoms with E-state index < -0.39 is 9.84 Å². The molecule has 0 radical (unpaired) electrons. The van der Waals surface area contributed by atoms with Gasteiger partial charge in [0.25, 0.3) is 0 Å². The minimum absolute atomic E-state index is 0.0897. The summed E-state index contributed by atoms with van der Waals surface area (Å²) in [6, 6.07) is 5.31. The van der Waals surface area contributed by atoms with Crippen LogP contribution in [0.2, 0.25) is 0 Å². The highest BCUT2D eigenvalue weighted by Crippen LogP contribution is 2.29. The number of nitrogens with two attached hydrogens (primary N) is 1. The van der Waals surface area contributed by atoms with Crippen molar-refractivity contribution in [2.45, 2.75) is 19.4 Å². The molecule has 2 heterocycles. The van der Waals surface area contributed by atoms with Gasteiger partial charge in [-0.1, -0.05) is 6.07 Å². The second kappa shape index (κ2) is 4.55. The normalized spacial score (nSPS) is 21.1. The first kappa shape index (κ1) is 13.0. The SMILES string of the molecule is Cc1ccc(N)cc1-c1nnnn1C1CCS(=O)(=O)C1. The van der Waals surface area contributed by atoms with Crippen LogP contribution in [-0.4, -0.2) is 40.1 Å². The van der Waals surface area contributed by atoms with Gasteiger partial charge in [-0.2, -0.15) is 0 Å². The molecule has 1 aromatic heterocycles. The third-order valence-electron chi connectivity index (χ3n) is 3.55. The quantitative estimate of drug-likeness (QED) is 0.813. The molecule has 8 heteroatoms. The van der Waals surface area contributed by atoms with Crippen LogP contribution in [0.3, 0.4) is 0 Å². The van der Waals surface area contributed by atoms with Crippen LogP contribution in [0.1, 0.15) is 18.0 Å². The Hall–Kier alpha value is -1.96. The Bertz CT molecular complexity index is 753. The minimum atomic E-state index is -2.98. The van der Waals surface area contributed by atoms with E-state index in [4.69, 9.17) is 5.73 Å². The maximum absolute atomic E-state index is 11.6. The number of aromatic nitrogens is 4. The molecule has 0 spiro atoms. The van der Waals surface area contributed by atoms with E-state index in [0.29, 0.717) is 17.9 Å². The number of anilines is 1. The summed E-state index contributed by atoms with van der Waals surface area (Å²) in [6.45, 7) is 1.94. The molecule has 1 fully saturated rings. The third kappa shape index (κ3) is 2.26. The maximum atomic E-state index is 11.6. The van der Waals surface area contributed by atoms with E-state index in [9.17, 15) is 8.42 Å². The highest BCUT2D eigenvalue weighted by atomic mass is 32.2. The molecule has 3 rings (SSSR count). The number of rotatable bonds is 2. The zero-order valence-electron chi connectivity index (χ0n) is 11.0. The predicted octanol–water partition coefficient (Wildman–Crippen LogP) is 0.590. The van der Waals surface area contributed by atoms with Crippen LogP contribution < -0.4 is 5.73 Å². The standard InChI is InChI=1S/C12H15N5O2S/c1-8-2-3-9(13)6-11(8)12-14-15-16-17(12)10-4-5-20(18,19)7-10/h2-3,6,10H,4-5,7,13H2,1H3. The molecule has 2 aromatic rings. The molecule has 1 unspecified atom stereocenters. The van der Waals surface area contributed by atoms with Gasteiger partial charge in [-0.3, -0.25) is 0 Å². The van der Waals surface area contributed by atoms with Gasteiger partial charge in [0.1, 0.15) is 0 Å². The number of hydrogen-bond acceptors (Lipinski definition) is 6. The summed E-state index contributed by atoms with van der Waals surface area (Å²) >= 11 is 0. The van der Waals surface area contributed by atoms with E-state index >= 15 is 0 Å². The summed E-state index contributed by atoms with van der Waals surface area (Å²) in [4.78, 5) is 0. The first-order valence-electron chi connectivity index (χ1n) is 6.31. The molecule has 20 heavy (non-hydrogen) atoms. The van der Waals surface area contributed by atoms with Gasteiger partial charge < -0.3 is 5.73 Å². The van der Waals surface area contributed by atoms with Crippen LogP contribution in [0, 0.1) is 6.92 Å². The van der Waals surface area contributed by atoms with Gasteiger partial charge in [0.05, 0.1) is 17.5 Å². The number of nitrogen functional groups attached to an aromatic ring is 1. The summed E-state index contributed by atoms with van der Waals surface area (Å²) in [6.07, 6.45) is 0.543. The molecule has 0 amide bonds. The van der Waals surface area contributed by atoms with Crippen LogP contribution in [0.15, 0.2) is 18.2 Å². The van der Waals surface area contributed by atoms with Crippen molar-refractivity contribution in [3.63, 3.8) is 0 Å². The number of nitrogens with zero attached hydrogens (tertiary/aromatic N) is 4. The molecule has 0 bridgehead atoms. The molecule has 1 aromatic carbocycles. The van der Waals surface area contributed by atoms with Gasteiger partial charge in [-0.25, -0.2) is 13.1 Å². The average molecular weight is 293 g/mol. The van der Waals surface area contributed by atoms with E-state index in [0.717, 1.165) is 11.1 Å². The van der Waals surface area contributed by atoms with Crippen molar-refractivity contribution in [2.24, 2.45) is 0 Å². The monoisotopic (exact) mass is 293 g/mol. The maximum Gasteiger partial charge on any atom is 0.182 e. The Labute approximate surface area is 116 Å². The van der Waals surface area contributed by atoms with Crippen LogP contribution in [-0.2, 0) is 9.84 Å². The van der Waals surface area contributed by atoms with E-state index in [-0.39, 0.29) is 17.5 Å². The molecule has 1 saturated heterocycles. The molecule has 106 valence electrons. The third-order valence-corrected chi connectivity index (χ3v) is 5.30. The van der Waals surface area contributed by atoms with E-state index in [1.54, 1.807) is 10.7 Å². The van der Waals surface area contributed by atoms with Crippen LogP contribution in [0.4, 0.5) is 5.69 Å². The van der Waals surface area contributed by atoms with Gasteiger partial charge in [0.15, 0.2) is 15.7 Å². The highest BCUT2D eigenvalue weighted by molar-refractivity contribution is 7.91. The fourth-order valence-electron chi connectivity index (χ4n) is 2.47. The smallest absolute Gasteiger partial charge is 0.182 e. The van der Waals surface area contributed by atoms with Crippen molar-refractivity contribution in [3.8, 4) is 11.4 Å². The van der Waals surface area contributed by atoms with Crippen molar-refractivity contribution in [1.29, 1.82) is 0 Å². The van der Waals surface area contributed by atoms with Crippen LogP contribution in [0.25, 0.3) is 11.4 Å². The zero-order chi connectivity index (χ0) is 14.3. The van der Waals surface area contributed by atoms with E-state index in [1.807, 2.05) is 19.1 Å². The highest BCUT2D eigenvalue weighted by Gasteiger charge is 2.32. The predicted molar refractivity (Wildman–Crippen MR) is 74.7 cm³/mol. The number of benzene rings is 1. The summed E-state index contributed by atoms with van der Waals surface area (Å²) in [5, 5.41) is 11.7. The Morgan fingerprint density at radius 3 is 2.90 bits per heavy atom. The fourth-order valence-corrected chi connectivity index (χ4v) is 4.16. The van der Waals surface area contributed by atoms with Crippen LogP contribution >= 0.6 is 0 Å². The average Bonchev–Trinajstić information content (AvgIpc) is 2.98. The largest absolute Gasteiger partial charge is 0.399 e. The number of hydrogen-bond donors (Lipinski definition) is 1.